The molecule has 1 unspecified atom stereocenters. The molecule has 0 spiro atoms. The van der Waals surface area contributed by atoms with E-state index in [0.29, 0.717) is 6.42 Å². The molecule has 1 rings (SSSR count). The van der Waals surface area contributed by atoms with Crippen molar-refractivity contribution < 1.29 is 9.53 Å². The molecule has 88 valence electrons. The average Bonchev–Trinajstić information content (AvgIpc) is 2.23. The SMILES string of the molecule is COC(=O)CC(Br)Cc1ccc(C)c(C)c1. The van der Waals surface area contributed by atoms with Crippen LogP contribution in [0.2, 0.25) is 0 Å². The third-order valence-corrected chi connectivity index (χ3v) is 3.29. The van der Waals surface area contributed by atoms with Gasteiger partial charge in [-0.2, -0.15) is 0 Å². The molecule has 0 N–H and O–H groups in total. The second kappa shape index (κ2) is 6.04. The average molecular weight is 285 g/mol. The summed E-state index contributed by atoms with van der Waals surface area (Å²) in [4.78, 5) is 11.2. The summed E-state index contributed by atoms with van der Waals surface area (Å²) >= 11 is 3.50. The number of carbonyl (C=O) groups is 1. The van der Waals surface area contributed by atoms with Crippen molar-refractivity contribution in [3.8, 4) is 0 Å². The Labute approximate surface area is 105 Å². The summed E-state index contributed by atoms with van der Waals surface area (Å²) in [5, 5.41) is 0. The summed E-state index contributed by atoms with van der Waals surface area (Å²) in [5.74, 6) is -0.175. The number of ether oxygens (including phenoxy) is 1. The highest BCUT2D eigenvalue weighted by molar-refractivity contribution is 9.09. The highest BCUT2D eigenvalue weighted by Gasteiger charge is 2.11. The molecule has 1 aromatic carbocycles. The molecule has 0 aromatic heterocycles. The second-order valence-electron chi connectivity index (χ2n) is 4.00. The number of benzene rings is 1. The highest BCUT2D eigenvalue weighted by Crippen LogP contribution is 2.16. The van der Waals surface area contributed by atoms with Crippen molar-refractivity contribution in [2.75, 3.05) is 7.11 Å². The Hall–Kier alpha value is -0.830. The molecule has 1 atom stereocenters. The van der Waals surface area contributed by atoms with Crippen molar-refractivity contribution in [2.24, 2.45) is 0 Å². The van der Waals surface area contributed by atoms with Gasteiger partial charge in [0.15, 0.2) is 0 Å². The molecule has 0 heterocycles. The minimum atomic E-state index is -0.175. The molecule has 0 fully saturated rings. The number of hydrogen-bond donors (Lipinski definition) is 0. The normalized spacial score (nSPS) is 12.2. The first-order valence-electron chi connectivity index (χ1n) is 5.30. The van der Waals surface area contributed by atoms with E-state index >= 15 is 0 Å². The highest BCUT2D eigenvalue weighted by atomic mass is 79.9. The van der Waals surface area contributed by atoms with Crippen LogP contribution in [0.3, 0.4) is 0 Å². The van der Waals surface area contributed by atoms with E-state index in [9.17, 15) is 4.79 Å². The number of alkyl halides is 1. The lowest BCUT2D eigenvalue weighted by atomic mass is 10.0. The molecule has 0 saturated heterocycles. The van der Waals surface area contributed by atoms with Crippen LogP contribution in [-0.2, 0) is 16.0 Å². The number of hydrogen-bond acceptors (Lipinski definition) is 2. The summed E-state index contributed by atoms with van der Waals surface area (Å²) < 4.78 is 4.63. The van der Waals surface area contributed by atoms with E-state index in [4.69, 9.17) is 0 Å². The van der Waals surface area contributed by atoms with E-state index < -0.39 is 0 Å². The van der Waals surface area contributed by atoms with Crippen LogP contribution >= 0.6 is 15.9 Å². The van der Waals surface area contributed by atoms with Gasteiger partial charge in [0.1, 0.15) is 0 Å². The standard InChI is InChI=1S/C13H17BrO2/c1-9-4-5-11(6-10(9)2)7-12(14)8-13(15)16-3/h4-6,12H,7-8H2,1-3H3. The molecule has 16 heavy (non-hydrogen) atoms. The van der Waals surface area contributed by atoms with Crippen LogP contribution in [0, 0.1) is 13.8 Å². The summed E-state index contributed by atoms with van der Waals surface area (Å²) in [6.45, 7) is 4.20. The van der Waals surface area contributed by atoms with Crippen molar-refractivity contribution in [2.45, 2.75) is 31.5 Å². The number of methoxy groups -OCH3 is 1. The van der Waals surface area contributed by atoms with Gasteiger partial charge in [-0.1, -0.05) is 34.1 Å². The fraction of sp³-hybridized carbons (Fsp3) is 0.462. The van der Waals surface area contributed by atoms with Crippen LogP contribution < -0.4 is 0 Å². The molecule has 3 heteroatoms. The number of esters is 1. The van der Waals surface area contributed by atoms with Crippen LogP contribution in [0.5, 0.6) is 0 Å². The van der Waals surface area contributed by atoms with Gasteiger partial charge < -0.3 is 4.74 Å². The largest absolute Gasteiger partial charge is 0.469 e. The molecule has 2 nitrogen and oxygen atoms in total. The van der Waals surface area contributed by atoms with E-state index in [2.05, 4.69) is 52.7 Å². The minimum absolute atomic E-state index is 0.141. The van der Waals surface area contributed by atoms with Gasteiger partial charge in [-0.15, -0.1) is 0 Å². The maximum atomic E-state index is 11.1. The maximum absolute atomic E-state index is 11.1. The lowest BCUT2D eigenvalue weighted by molar-refractivity contribution is -0.140. The summed E-state index contributed by atoms with van der Waals surface area (Å²) in [5.41, 5.74) is 3.83. The second-order valence-corrected chi connectivity index (χ2v) is 5.30. The van der Waals surface area contributed by atoms with Crippen LogP contribution in [0.25, 0.3) is 0 Å². The lowest BCUT2D eigenvalue weighted by Crippen LogP contribution is -2.11. The van der Waals surface area contributed by atoms with Crippen LogP contribution in [0.4, 0.5) is 0 Å². The van der Waals surface area contributed by atoms with Gasteiger partial charge >= 0.3 is 5.97 Å². The molecular weight excluding hydrogens is 268 g/mol. The van der Waals surface area contributed by atoms with Gasteiger partial charge in [-0.05, 0) is 37.0 Å². The van der Waals surface area contributed by atoms with E-state index in [1.807, 2.05) is 0 Å². The molecule has 0 bridgehead atoms. The predicted octanol–water partition coefficient (Wildman–Crippen LogP) is 3.17. The van der Waals surface area contributed by atoms with Crippen molar-refractivity contribution in [3.63, 3.8) is 0 Å². The molecule has 0 radical (unpaired) electrons. The van der Waals surface area contributed by atoms with Gasteiger partial charge in [-0.3, -0.25) is 4.79 Å². The lowest BCUT2D eigenvalue weighted by Gasteiger charge is -2.10. The quantitative estimate of drug-likeness (QED) is 0.627. The Morgan fingerprint density at radius 1 is 1.38 bits per heavy atom. The van der Waals surface area contributed by atoms with Crippen molar-refractivity contribution >= 4 is 21.9 Å². The Bertz CT molecular complexity index is 374. The van der Waals surface area contributed by atoms with E-state index in [0.717, 1.165) is 6.42 Å². The van der Waals surface area contributed by atoms with Crippen LogP contribution in [0.15, 0.2) is 18.2 Å². The van der Waals surface area contributed by atoms with Crippen LogP contribution in [0.1, 0.15) is 23.1 Å². The topological polar surface area (TPSA) is 26.3 Å². The Kier molecular flexibility index (Phi) is 5.00. The number of rotatable bonds is 4. The Morgan fingerprint density at radius 3 is 2.62 bits per heavy atom. The Morgan fingerprint density at radius 2 is 2.06 bits per heavy atom. The fourth-order valence-electron chi connectivity index (χ4n) is 1.52. The Balaban J connectivity index is 2.59. The zero-order chi connectivity index (χ0) is 12.1. The number of halogens is 1. The first-order chi connectivity index (χ1) is 7.52. The minimum Gasteiger partial charge on any atom is -0.469 e. The van der Waals surface area contributed by atoms with Crippen molar-refractivity contribution in [1.29, 1.82) is 0 Å². The van der Waals surface area contributed by atoms with Gasteiger partial charge in [0.05, 0.1) is 13.5 Å². The monoisotopic (exact) mass is 284 g/mol. The van der Waals surface area contributed by atoms with Crippen LogP contribution in [-0.4, -0.2) is 17.9 Å². The zero-order valence-corrected chi connectivity index (χ0v) is 11.5. The fourth-order valence-corrected chi connectivity index (χ4v) is 2.16. The maximum Gasteiger partial charge on any atom is 0.306 e. The van der Waals surface area contributed by atoms with Gasteiger partial charge in [-0.25, -0.2) is 0 Å². The molecule has 0 aliphatic rings. The van der Waals surface area contributed by atoms with Crippen molar-refractivity contribution in [1.82, 2.24) is 0 Å². The van der Waals surface area contributed by atoms with Gasteiger partial charge in [0, 0.05) is 4.83 Å². The van der Waals surface area contributed by atoms with Gasteiger partial charge in [0.25, 0.3) is 0 Å². The van der Waals surface area contributed by atoms with E-state index in [-0.39, 0.29) is 10.8 Å². The first-order valence-corrected chi connectivity index (χ1v) is 6.21. The number of carbonyl (C=O) groups excluding carboxylic acids is 1. The van der Waals surface area contributed by atoms with Gasteiger partial charge in [0.2, 0.25) is 0 Å². The third kappa shape index (κ3) is 3.97. The van der Waals surface area contributed by atoms with E-state index in [1.165, 1.54) is 23.8 Å². The first kappa shape index (κ1) is 13.2. The zero-order valence-electron chi connectivity index (χ0n) is 9.92. The molecule has 1 aromatic rings. The third-order valence-electron chi connectivity index (χ3n) is 2.64. The molecular formula is C13H17BrO2. The summed E-state index contributed by atoms with van der Waals surface area (Å²) in [6.07, 6.45) is 1.25. The predicted molar refractivity (Wildman–Crippen MR) is 69.0 cm³/mol. The molecule has 0 aliphatic carbocycles. The smallest absolute Gasteiger partial charge is 0.306 e. The number of aryl methyl sites for hydroxylation is 2. The van der Waals surface area contributed by atoms with E-state index in [1.54, 1.807) is 0 Å². The molecule has 0 amide bonds. The summed E-state index contributed by atoms with van der Waals surface area (Å²) in [7, 11) is 1.41. The van der Waals surface area contributed by atoms with Crippen molar-refractivity contribution in [3.05, 3.63) is 34.9 Å². The summed E-state index contributed by atoms with van der Waals surface area (Å²) in [6, 6.07) is 6.39. The molecule has 0 aliphatic heterocycles. The molecule has 0 saturated carbocycles.